The number of benzene rings is 1. The van der Waals surface area contributed by atoms with Gasteiger partial charge in [0.25, 0.3) is 0 Å². The van der Waals surface area contributed by atoms with Crippen LogP contribution in [-0.2, 0) is 17.6 Å². The third-order valence-electron chi connectivity index (χ3n) is 3.68. The van der Waals surface area contributed by atoms with Crippen LogP contribution in [0.1, 0.15) is 22.6 Å². The lowest BCUT2D eigenvalue weighted by Gasteiger charge is -2.11. The Morgan fingerprint density at radius 2 is 2.36 bits per heavy atom. The zero-order chi connectivity index (χ0) is 15.5. The maximum Gasteiger partial charge on any atom is 0.242 e. The van der Waals surface area contributed by atoms with E-state index in [1.54, 1.807) is 0 Å². The highest BCUT2D eigenvalue weighted by Crippen LogP contribution is 2.26. The highest BCUT2D eigenvalue weighted by molar-refractivity contribution is 7.15. The average molecular weight is 317 g/mol. The molecule has 22 heavy (non-hydrogen) atoms. The highest BCUT2D eigenvalue weighted by atomic mass is 32.1. The van der Waals surface area contributed by atoms with Gasteiger partial charge >= 0.3 is 0 Å². The van der Waals surface area contributed by atoms with E-state index in [0.29, 0.717) is 11.7 Å². The number of aryl methyl sites for hydroxylation is 2. The smallest absolute Gasteiger partial charge is 0.242 e. The zero-order valence-corrected chi connectivity index (χ0v) is 13.2. The van der Waals surface area contributed by atoms with Gasteiger partial charge in [-0.2, -0.15) is 0 Å². The van der Waals surface area contributed by atoms with Gasteiger partial charge in [0.2, 0.25) is 11.0 Å². The summed E-state index contributed by atoms with van der Waals surface area (Å²) in [6.07, 6.45) is 2.36. The second-order valence-electron chi connectivity index (χ2n) is 5.49. The summed E-state index contributed by atoms with van der Waals surface area (Å²) >= 11 is 1.40. The van der Waals surface area contributed by atoms with Crippen LogP contribution in [0.3, 0.4) is 0 Å². The number of anilines is 2. The first-order valence-corrected chi connectivity index (χ1v) is 8.15. The number of nitrogens with one attached hydrogen (secondary N) is 2. The summed E-state index contributed by atoms with van der Waals surface area (Å²) in [5, 5.41) is 15.4. The number of nitrogens with two attached hydrogens (primary N) is 1. The fourth-order valence-electron chi connectivity index (χ4n) is 2.59. The summed E-state index contributed by atoms with van der Waals surface area (Å²) in [5.74, 6) is 0.0469. The second-order valence-corrected chi connectivity index (χ2v) is 6.58. The van der Waals surface area contributed by atoms with Crippen LogP contribution in [0, 0.1) is 6.92 Å². The zero-order valence-electron chi connectivity index (χ0n) is 12.4. The standard InChI is InChI=1S/C15H19N5OS/c1-9-4-5-11-10(7-9)8-12(18-11)14(21)17-6-2-3-13-19-20-15(16)22-13/h4-5,7,12,18H,2-3,6,8H2,1H3,(H2,16,20)(H,17,21)/t12-/m0/s1. The van der Waals surface area contributed by atoms with E-state index in [0.717, 1.165) is 30.0 Å². The molecule has 0 aliphatic carbocycles. The third-order valence-corrected chi connectivity index (χ3v) is 4.49. The van der Waals surface area contributed by atoms with E-state index in [-0.39, 0.29) is 11.9 Å². The van der Waals surface area contributed by atoms with E-state index in [1.165, 1.54) is 22.5 Å². The predicted octanol–water partition coefficient (Wildman–Crippen LogP) is 1.51. The summed E-state index contributed by atoms with van der Waals surface area (Å²) in [6, 6.07) is 6.06. The van der Waals surface area contributed by atoms with Crippen molar-refractivity contribution in [1.29, 1.82) is 0 Å². The molecule has 0 saturated heterocycles. The van der Waals surface area contributed by atoms with Crippen LogP contribution >= 0.6 is 11.3 Å². The SMILES string of the molecule is Cc1ccc2c(c1)C[C@@H](C(=O)NCCCc1nnc(N)s1)N2. The highest BCUT2D eigenvalue weighted by Gasteiger charge is 2.26. The predicted molar refractivity (Wildman–Crippen MR) is 87.9 cm³/mol. The number of carbonyl (C=O) groups is 1. The van der Waals surface area contributed by atoms with E-state index in [1.807, 2.05) is 6.07 Å². The molecule has 0 unspecified atom stereocenters. The molecule has 1 aromatic carbocycles. The number of carbonyl (C=O) groups excluding carboxylic acids is 1. The van der Waals surface area contributed by atoms with E-state index in [4.69, 9.17) is 5.73 Å². The number of nitrogen functional groups attached to an aromatic ring is 1. The summed E-state index contributed by atoms with van der Waals surface area (Å²) in [6.45, 7) is 2.69. The van der Waals surface area contributed by atoms with Crippen molar-refractivity contribution in [3.8, 4) is 0 Å². The van der Waals surface area contributed by atoms with Crippen LogP contribution in [0.25, 0.3) is 0 Å². The molecule has 2 heterocycles. The summed E-state index contributed by atoms with van der Waals surface area (Å²) in [7, 11) is 0. The molecule has 1 atom stereocenters. The van der Waals surface area contributed by atoms with Crippen LogP contribution < -0.4 is 16.4 Å². The van der Waals surface area contributed by atoms with Crippen molar-refractivity contribution in [1.82, 2.24) is 15.5 Å². The Hall–Kier alpha value is -2.15. The number of nitrogens with zero attached hydrogens (tertiary/aromatic N) is 2. The molecule has 1 aromatic heterocycles. The molecule has 1 aliphatic rings. The second kappa shape index (κ2) is 6.31. The van der Waals surface area contributed by atoms with E-state index in [2.05, 4.69) is 39.9 Å². The van der Waals surface area contributed by atoms with Gasteiger partial charge < -0.3 is 16.4 Å². The van der Waals surface area contributed by atoms with E-state index < -0.39 is 0 Å². The van der Waals surface area contributed by atoms with Crippen molar-refractivity contribution in [3.05, 3.63) is 34.3 Å². The molecule has 4 N–H and O–H groups in total. The normalized spacial score (nSPS) is 16.1. The number of amides is 1. The van der Waals surface area contributed by atoms with Gasteiger partial charge in [0.1, 0.15) is 11.0 Å². The first kappa shape index (κ1) is 14.8. The lowest BCUT2D eigenvalue weighted by atomic mass is 10.1. The first-order chi connectivity index (χ1) is 10.6. The Morgan fingerprint density at radius 3 is 3.14 bits per heavy atom. The lowest BCUT2D eigenvalue weighted by Crippen LogP contribution is -2.38. The quantitative estimate of drug-likeness (QED) is 0.727. The fraction of sp³-hybridized carbons (Fsp3) is 0.400. The number of hydrogen-bond donors (Lipinski definition) is 3. The molecule has 0 radical (unpaired) electrons. The van der Waals surface area contributed by atoms with Gasteiger partial charge in [-0.3, -0.25) is 4.79 Å². The van der Waals surface area contributed by atoms with Crippen molar-refractivity contribution >= 4 is 28.1 Å². The van der Waals surface area contributed by atoms with Crippen molar-refractivity contribution in [2.24, 2.45) is 0 Å². The number of rotatable bonds is 5. The van der Waals surface area contributed by atoms with Gasteiger partial charge in [0, 0.05) is 25.1 Å². The van der Waals surface area contributed by atoms with Gasteiger partial charge in [0.15, 0.2) is 0 Å². The molecule has 0 spiro atoms. The number of fused-ring (bicyclic) bond motifs is 1. The average Bonchev–Trinajstić information content (AvgIpc) is 3.09. The van der Waals surface area contributed by atoms with Crippen LogP contribution in [0.5, 0.6) is 0 Å². The topological polar surface area (TPSA) is 92.9 Å². The molecule has 3 rings (SSSR count). The molecule has 0 saturated carbocycles. The molecule has 1 aliphatic heterocycles. The van der Waals surface area contributed by atoms with Crippen molar-refractivity contribution in [2.75, 3.05) is 17.6 Å². The van der Waals surface area contributed by atoms with Gasteiger partial charge in [-0.15, -0.1) is 10.2 Å². The van der Waals surface area contributed by atoms with Gasteiger partial charge in [-0.25, -0.2) is 0 Å². The summed E-state index contributed by atoms with van der Waals surface area (Å²) in [5.41, 5.74) is 9.03. The van der Waals surface area contributed by atoms with Crippen LogP contribution in [0.2, 0.25) is 0 Å². The maximum atomic E-state index is 12.2. The van der Waals surface area contributed by atoms with Gasteiger partial charge in [0.05, 0.1) is 0 Å². The summed E-state index contributed by atoms with van der Waals surface area (Å²) < 4.78 is 0. The van der Waals surface area contributed by atoms with Crippen molar-refractivity contribution in [2.45, 2.75) is 32.2 Å². The minimum Gasteiger partial charge on any atom is -0.374 e. The largest absolute Gasteiger partial charge is 0.374 e. The maximum absolute atomic E-state index is 12.2. The lowest BCUT2D eigenvalue weighted by molar-refractivity contribution is -0.121. The van der Waals surface area contributed by atoms with Gasteiger partial charge in [-0.05, 0) is 25.0 Å². The van der Waals surface area contributed by atoms with Crippen molar-refractivity contribution in [3.63, 3.8) is 0 Å². The van der Waals surface area contributed by atoms with Crippen molar-refractivity contribution < 1.29 is 4.79 Å². The third kappa shape index (κ3) is 3.36. The first-order valence-electron chi connectivity index (χ1n) is 7.33. The number of aromatic nitrogens is 2. The molecular weight excluding hydrogens is 298 g/mol. The monoisotopic (exact) mass is 317 g/mol. The molecule has 7 heteroatoms. The van der Waals surface area contributed by atoms with Crippen LogP contribution in [0.15, 0.2) is 18.2 Å². The Kier molecular flexibility index (Phi) is 4.24. The van der Waals surface area contributed by atoms with Gasteiger partial charge in [-0.1, -0.05) is 29.0 Å². The molecular formula is C15H19N5OS. The Balaban J connectivity index is 1.43. The fourth-order valence-corrected chi connectivity index (χ4v) is 3.24. The molecule has 0 fully saturated rings. The molecule has 0 bridgehead atoms. The Morgan fingerprint density at radius 1 is 1.50 bits per heavy atom. The summed E-state index contributed by atoms with van der Waals surface area (Å²) in [4.78, 5) is 12.2. The minimum atomic E-state index is -0.172. The van der Waals surface area contributed by atoms with E-state index >= 15 is 0 Å². The molecule has 116 valence electrons. The minimum absolute atomic E-state index is 0.0469. The number of hydrogen-bond acceptors (Lipinski definition) is 6. The molecule has 6 nitrogen and oxygen atoms in total. The molecule has 2 aromatic rings. The van der Waals surface area contributed by atoms with Crippen LogP contribution in [0.4, 0.5) is 10.8 Å². The Labute approximate surface area is 133 Å². The van der Waals surface area contributed by atoms with E-state index in [9.17, 15) is 4.79 Å². The van der Waals surface area contributed by atoms with Crippen LogP contribution in [-0.4, -0.2) is 28.7 Å². The Bertz CT molecular complexity index is 684. The molecule has 1 amide bonds.